The van der Waals surface area contributed by atoms with Crippen molar-refractivity contribution in [3.8, 4) is 5.75 Å². The van der Waals surface area contributed by atoms with Gasteiger partial charge in [-0.05, 0) is 48.4 Å². The Bertz CT molecular complexity index is 1010. The molecule has 1 saturated carbocycles. The third kappa shape index (κ3) is 4.75. The van der Waals surface area contributed by atoms with Crippen molar-refractivity contribution in [3.05, 3.63) is 59.5 Å². The van der Waals surface area contributed by atoms with Gasteiger partial charge in [-0.3, -0.25) is 9.48 Å². The molecule has 5 nitrogen and oxygen atoms in total. The Hall–Kier alpha value is -2.89. The number of rotatable bonds is 8. The number of aromatic nitrogens is 2. The molecule has 1 N–H and O–H groups in total. The Morgan fingerprint density at radius 1 is 1.21 bits per heavy atom. The summed E-state index contributed by atoms with van der Waals surface area (Å²) < 4.78 is 22.0. The van der Waals surface area contributed by atoms with E-state index < -0.39 is 11.8 Å². The van der Waals surface area contributed by atoms with Gasteiger partial charge in [-0.1, -0.05) is 31.0 Å². The summed E-state index contributed by atoms with van der Waals surface area (Å²) in [6.07, 6.45) is 7.16. The van der Waals surface area contributed by atoms with Crippen molar-refractivity contribution >= 4 is 16.9 Å². The van der Waals surface area contributed by atoms with Crippen LogP contribution in [0.2, 0.25) is 0 Å². The van der Waals surface area contributed by atoms with E-state index in [1.165, 1.54) is 31.7 Å². The zero-order valence-electron chi connectivity index (χ0n) is 16.3. The molecule has 0 atom stereocenters. The van der Waals surface area contributed by atoms with Gasteiger partial charge in [0.25, 0.3) is 0 Å². The molecule has 0 unspecified atom stereocenters. The maximum atomic E-state index is 14.2. The third-order valence-electron chi connectivity index (χ3n) is 5.65. The Balaban J connectivity index is 1.42. The lowest BCUT2D eigenvalue weighted by Gasteiger charge is -2.11. The van der Waals surface area contributed by atoms with Gasteiger partial charge in [0.15, 0.2) is 0 Å². The number of aryl methyl sites for hydroxylation is 1. The number of carboxylic acid groups (broad SMARTS) is 1. The predicted molar refractivity (Wildman–Crippen MR) is 108 cm³/mol. The number of hydrogen-bond donors (Lipinski definition) is 1. The number of halogens is 1. The largest absolute Gasteiger partial charge is 0.489 e. The molecule has 6 heteroatoms. The Morgan fingerprint density at radius 3 is 2.79 bits per heavy atom. The van der Waals surface area contributed by atoms with Crippen LogP contribution in [0.25, 0.3) is 10.9 Å². The summed E-state index contributed by atoms with van der Waals surface area (Å²) in [6.45, 7) is 1.29. The first-order chi connectivity index (χ1) is 14.1. The second kappa shape index (κ2) is 8.64. The monoisotopic (exact) mass is 396 g/mol. The van der Waals surface area contributed by atoms with Crippen molar-refractivity contribution < 1.29 is 19.0 Å². The summed E-state index contributed by atoms with van der Waals surface area (Å²) in [7, 11) is 0. The second-order valence-corrected chi connectivity index (χ2v) is 7.81. The number of ether oxygens (including phenoxy) is 1. The maximum Gasteiger partial charge on any atom is 0.303 e. The predicted octanol–water partition coefficient (Wildman–Crippen LogP) is 4.96. The minimum absolute atomic E-state index is 0.0916. The number of aliphatic carboxylic acids is 1. The van der Waals surface area contributed by atoms with Crippen LogP contribution in [0.4, 0.5) is 4.39 Å². The van der Waals surface area contributed by atoms with Crippen molar-refractivity contribution in [1.82, 2.24) is 9.78 Å². The average Bonchev–Trinajstić information content (AvgIpc) is 3.36. The zero-order valence-corrected chi connectivity index (χ0v) is 16.3. The van der Waals surface area contributed by atoms with Gasteiger partial charge in [-0.15, -0.1) is 0 Å². The number of fused-ring (bicyclic) bond motifs is 1. The number of nitrogens with zero attached hydrogens (tertiary/aromatic N) is 2. The highest BCUT2D eigenvalue weighted by atomic mass is 19.1. The molecular formula is C23H25FN2O3. The van der Waals surface area contributed by atoms with E-state index in [0.29, 0.717) is 23.8 Å². The van der Waals surface area contributed by atoms with Crippen LogP contribution in [0.1, 0.15) is 43.2 Å². The molecule has 2 aromatic carbocycles. The standard InChI is InChI=1S/C23H25FN2O3/c24-21-12-20(9-7-18(21)8-10-23(27)28)29-15-17-5-6-19-13-25-26(22(19)11-17)14-16-3-1-2-4-16/h5-7,9,11-13,16H,1-4,8,10,14-15H2,(H,27,28). The fourth-order valence-electron chi connectivity index (χ4n) is 4.02. The minimum atomic E-state index is -0.938. The minimum Gasteiger partial charge on any atom is -0.489 e. The van der Waals surface area contributed by atoms with Crippen molar-refractivity contribution in [2.24, 2.45) is 5.92 Å². The van der Waals surface area contributed by atoms with Crippen LogP contribution < -0.4 is 4.74 Å². The van der Waals surface area contributed by atoms with Gasteiger partial charge in [0.1, 0.15) is 18.2 Å². The number of hydrogen-bond acceptors (Lipinski definition) is 3. The van der Waals surface area contributed by atoms with Gasteiger partial charge < -0.3 is 9.84 Å². The van der Waals surface area contributed by atoms with Gasteiger partial charge >= 0.3 is 5.97 Å². The quantitative estimate of drug-likeness (QED) is 0.584. The van der Waals surface area contributed by atoms with Gasteiger partial charge in [0.2, 0.25) is 0 Å². The van der Waals surface area contributed by atoms with E-state index in [4.69, 9.17) is 9.84 Å². The van der Waals surface area contributed by atoms with Crippen molar-refractivity contribution in [1.29, 1.82) is 0 Å². The normalized spacial score (nSPS) is 14.5. The molecule has 0 amide bonds. The summed E-state index contributed by atoms with van der Waals surface area (Å²) >= 11 is 0. The molecule has 0 aliphatic heterocycles. The highest BCUT2D eigenvalue weighted by Crippen LogP contribution is 2.28. The summed E-state index contributed by atoms with van der Waals surface area (Å²) in [5, 5.41) is 14.4. The topological polar surface area (TPSA) is 64.3 Å². The first-order valence-corrected chi connectivity index (χ1v) is 10.2. The van der Waals surface area contributed by atoms with E-state index in [1.54, 1.807) is 12.1 Å². The summed E-state index contributed by atoms with van der Waals surface area (Å²) in [5.74, 6) is -0.233. The van der Waals surface area contributed by atoms with Crippen LogP contribution in [0.15, 0.2) is 42.6 Å². The van der Waals surface area contributed by atoms with Crippen LogP contribution in [0, 0.1) is 11.7 Å². The molecule has 0 spiro atoms. The van der Waals surface area contributed by atoms with E-state index in [-0.39, 0.29) is 12.8 Å². The van der Waals surface area contributed by atoms with Gasteiger partial charge in [-0.2, -0.15) is 5.10 Å². The van der Waals surface area contributed by atoms with E-state index >= 15 is 0 Å². The summed E-state index contributed by atoms with van der Waals surface area (Å²) in [5.41, 5.74) is 2.49. The number of carbonyl (C=O) groups is 1. The average molecular weight is 396 g/mol. The molecule has 29 heavy (non-hydrogen) atoms. The van der Waals surface area contributed by atoms with Crippen LogP contribution in [0.3, 0.4) is 0 Å². The third-order valence-corrected chi connectivity index (χ3v) is 5.65. The Labute approximate surface area is 169 Å². The van der Waals surface area contributed by atoms with Gasteiger partial charge in [0.05, 0.1) is 11.7 Å². The highest BCUT2D eigenvalue weighted by molar-refractivity contribution is 5.79. The molecule has 0 saturated heterocycles. The molecule has 1 aliphatic carbocycles. The van der Waals surface area contributed by atoms with Crippen LogP contribution in [-0.2, 0) is 24.4 Å². The lowest BCUT2D eigenvalue weighted by atomic mass is 10.1. The van der Waals surface area contributed by atoms with Crippen LogP contribution >= 0.6 is 0 Å². The number of benzene rings is 2. The summed E-state index contributed by atoms with van der Waals surface area (Å²) in [6, 6.07) is 10.7. The van der Waals surface area contributed by atoms with Crippen LogP contribution in [-0.4, -0.2) is 20.9 Å². The fraction of sp³-hybridized carbons (Fsp3) is 0.391. The molecule has 1 aliphatic rings. The second-order valence-electron chi connectivity index (χ2n) is 7.81. The Morgan fingerprint density at radius 2 is 2.03 bits per heavy atom. The van der Waals surface area contributed by atoms with Crippen molar-refractivity contribution in [2.45, 2.75) is 51.7 Å². The zero-order chi connectivity index (χ0) is 20.2. The van der Waals surface area contributed by atoms with E-state index in [1.807, 2.05) is 18.3 Å². The lowest BCUT2D eigenvalue weighted by molar-refractivity contribution is -0.136. The summed E-state index contributed by atoms with van der Waals surface area (Å²) in [4.78, 5) is 10.7. The van der Waals surface area contributed by atoms with Crippen LogP contribution in [0.5, 0.6) is 5.75 Å². The van der Waals surface area contributed by atoms with E-state index in [0.717, 1.165) is 23.0 Å². The highest BCUT2D eigenvalue weighted by Gasteiger charge is 2.17. The first-order valence-electron chi connectivity index (χ1n) is 10.2. The van der Waals surface area contributed by atoms with Gasteiger partial charge in [0, 0.05) is 24.4 Å². The molecule has 0 bridgehead atoms. The van der Waals surface area contributed by atoms with E-state index in [9.17, 15) is 9.18 Å². The molecule has 0 radical (unpaired) electrons. The maximum absolute atomic E-state index is 14.2. The van der Waals surface area contributed by atoms with Gasteiger partial charge in [-0.25, -0.2) is 4.39 Å². The fourth-order valence-corrected chi connectivity index (χ4v) is 4.02. The molecule has 1 fully saturated rings. The van der Waals surface area contributed by atoms with Crippen molar-refractivity contribution in [3.63, 3.8) is 0 Å². The van der Waals surface area contributed by atoms with E-state index in [2.05, 4.69) is 15.8 Å². The molecule has 3 aromatic rings. The molecule has 1 aromatic heterocycles. The number of carboxylic acids is 1. The van der Waals surface area contributed by atoms with Crippen molar-refractivity contribution in [2.75, 3.05) is 0 Å². The lowest BCUT2D eigenvalue weighted by Crippen LogP contribution is -2.08. The first kappa shape index (κ1) is 19.4. The molecule has 152 valence electrons. The molecule has 4 rings (SSSR count). The molecular weight excluding hydrogens is 371 g/mol. The Kier molecular flexibility index (Phi) is 5.79. The molecule has 1 heterocycles. The smallest absolute Gasteiger partial charge is 0.303 e. The SMILES string of the molecule is O=C(O)CCc1ccc(OCc2ccc3cnn(CC4CCCC4)c3c2)cc1F.